The van der Waals surface area contributed by atoms with E-state index in [2.05, 4.69) is 15.6 Å². The van der Waals surface area contributed by atoms with Gasteiger partial charge in [-0.15, -0.1) is 0 Å². The Hall–Kier alpha value is -1.62. The monoisotopic (exact) mass is 249 g/mol. The Bertz CT molecular complexity index is 418. The number of methoxy groups -OCH3 is 1. The second-order valence-corrected chi connectivity index (χ2v) is 4.60. The first-order valence-electron chi connectivity index (χ1n) is 6.18. The largest absolute Gasteiger partial charge is 0.481 e. The van der Waals surface area contributed by atoms with E-state index < -0.39 is 0 Å². The lowest BCUT2D eigenvalue weighted by Crippen LogP contribution is -2.49. The number of aromatic nitrogens is 1. The van der Waals surface area contributed by atoms with Gasteiger partial charge in [-0.3, -0.25) is 4.79 Å². The van der Waals surface area contributed by atoms with Crippen LogP contribution in [0.15, 0.2) is 18.3 Å². The molecule has 0 radical (unpaired) electrons. The zero-order chi connectivity index (χ0) is 13.0. The molecule has 5 nitrogen and oxygen atoms in total. The molecule has 1 unspecified atom stereocenters. The molecule has 1 aromatic heterocycles. The van der Waals surface area contributed by atoms with Gasteiger partial charge in [0, 0.05) is 24.2 Å². The summed E-state index contributed by atoms with van der Waals surface area (Å²) in [5.74, 6) is 1.16. The molecule has 2 N–H and O–H groups in total. The summed E-state index contributed by atoms with van der Waals surface area (Å²) in [6.45, 7) is 4.30. The third-order valence-corrected chi connectivity index (χ3v) is 3.43. The van der Waals surface area contributed by atoms with Crippen LogP contribution in [0.3, 0.4) is 0 Å². The number of rotatable bonds is 5. The Morgan fingerprint density at radius 3 is 3.06 bits per heavy atom. The molecule has 0 spiro atoms. The number of amides is 1. The van der Waals surface area contributed by atoms with Gasteiger partial charge in [0.05, 0.1) is 7.11 Å². The lowest BCUT2D eigenvalue weighted by Gasteiger charge is -2.31. The molecule has 0 saturated carbocycles. The maximum absolute atomic E-state index is 12.0. The first kappa shape index (κ1) is 12.8. The topological polar surface area (TPSA) is 63.2 Å². The molecule has 2 rings (SSSR count). The Balaban J connectivity index is 1.88. The van der Waals surface area contributed by atoms with Crippen molar-refractivity contribution in [2.24, 2.45) is 11.8 Å². The lowest BCUT2D eigenvalue weighted by atomic mass is 9.88. The average Bonchev–Trinajstić information content (AvgIpc) is 2.34. The molecule has 1 fully saturated rings. The fraction of sp³-hybridized carbons (Fsp3) is 0.538. The van der Waals surface area contributed by atoms with Crippen LogP contribution >= 0.6 is 0 Å². The third-order valence-electron chi connectivity index (χ3n) is 3.43. The van der Waals surface area contributed by atoms with Crippen LogP contribution in [-0.4, -0.2) is 31.1 Å². The molecule has 98 valence electrons. The Labute approximate surface area is 107 Å². The van der Waals surface area contributed by atoms with Crippen LogP contribution in [0.2, 0.25) is 0 Å². The average molecular weight is 249 g/mol. The van der Waals surface area contributed by atoms with E-state index in [1.165, 1.54) is 0 Å². The van der Waals surface area contributed by atoms with Gasteiger partial charge < -0.3 is 15.4 Å². The molecule has 1 aromatic rings. The van der Waals surface area contributed by atoms with Crippen molar-refractivity contribution in [3.05, 3.63) is 23.9 Å². The molecule has 1 amide bonds. The number of pyridine rings is 1. The van der Waals surface area contributed by atoms with Crippen LogP contribution in [0.5, 0.6) is 5.88 Å². The zero-order valence-electron chi connectivity index (χ0n) is 10.8. The first-order valence-corrected chi connectivity index (χ1v) is 6.18. The van der Waals surface area contributed by atoms with E-state index in [-0.39, 0.29) is 11.8 Å². The van der Waals surface area contributed by atoms with Crippen molar-refractivity contribution in [1.82, 2.24) is 15.6 Å². The molecule has 5 heteroatoms. The van der Waals surface area contributed by atoms with Crippen LogP contribution in [0.4, 0.5) is 0 Å². The van der Waals surface area contributed by atoms with Crippen molar-refractivity contribution in [1.29, 1.82) is 0 Å². The smallest absolute Gasteiger partial charge is 0.223 e. The van der Waals surface area contributed by atoms with Gasteiger partial charge in [-0.05, 0) is 25.1 Å². The van der Waals surface area contributed by atoms with Gasteiger partial charge in [0.15, 0.2) is 0 Å². The number of carbonyl (C=O) groups is 1. The molecular formula is C13H19N3O2. The number of carbonyl (C=O) groups excluding carboxylic acids is 1. The van der Waals surface area contributed by atoms with E-state index in [0.29, 0.717) is 18.3 Å². The van der Waals surface area contributed by atoms with E-state index in [1.807, 2.05) is 19.1 Å². The highest BCUT2D eigenvalue weighted by Gasteiger charge is 2.28. The summed E-state index contributed by atoms with van der Waals surface area (Å²) in [6.07, 6.45) is 1.67. The normalized spacial score (nSPS) is 16.8. The second-order valence-electron chi connectivity index (χ2n) is 4.60. The van der Waals surface area contributed by atoms with Crippen molar-refractivity contribution in [3.8, 4) is 5.88 Å². The Kier molecular flexibility index (Phi) is 4.15. The van der Waals surface area contributed by atoms with Crippen molar-refractivity contribution in [2.75, 3.05) is 20.2 Å². The summed E-state index contributed by atoms with van der Waals surface area (Å²) in [6, 6.07) is 3.74. The Morgan fingerprint density at radius 1 is 1.67 bits per heavy atom. The van der Waals surface area contributed by atoms with E-state index in [4.69, 9.17) is 4.74 Å². The first-order chi connectivity index (χ1) is 8.72. The summed E-state index contributed by atoms with van der Waals surface area (Å²) in [4.78, 5) is 16.0. The minimum atomic E-state index is 0.0499. The minimum absolute atomic E-state index is 0.0499. The maximum Gasteiger partial charge on any atom is 0.223 e. The van der Waals surface area contributed by atoms with E-state index in [1.54, 1.807) is 13.3 Å². The van der Waals surface area contributed by atoms with Crippen molar-refractivity contribution < 1.29 is 9.53 Å². The molecule has 1 saturated heterocycles. The zero-order valence-corrected chi connectivity index (χ0v) is 10.8. The second kappa shape index (κ2) is 5.82. The van der Waals surface area contributed by atoms with Gasteiger partial charge in [0.2, 0.25) is 11.8 Å². The number of hydrogen-bond donors (Lipinski definition) is 2. The SMILES string of the molecule is COc1ncccc1CNC(=O)C(C)C1CNC1. The van der Waals surface area contributed by atoms with Crippen molar-refractivity contribution >= 4 is 5.91 Å². The summed E-state index contributed by atoms with van der Waals surface area (Å²) < 4.78 is 5.15. The quantitative estimate of drug-likeness (QED) is 0.800. The van der Waals surface area contributed by atoms with Crippen LogP contribution in [0.25, 0.3) is 0 Å². The number of ether oxygens (including phenoxy) is 1. The summed E-state index contributed by atoms with van der Waals surface area (Å²) >= 11 is 0. The van der Waals surface area contributed by atoms with Gasteiger partial charge >= 0.3 is 0 Å². The van der Waals surface area contributed by atoms with E-state index in [0.717, 1.165) is 18.7 Å². The minimum Gasteiger partial charge on any atom is -0.481 e. The van der Waals surface area contributed by atoms with E-state index >= 15 is 0 Å². The van der Waals surface area contributed by atoms with Gasteiger partial charge in [0.25, 0.3) is 0 Å². The van der Waals surface area contributed by atoms with Crippen LogP contribution in [0, 0.1) is 11.8 Å². The van der Waals surface area contributed by atoms with Crippen molar-refractivity contribution in [2.45, 2.75) is 13.5 Å². The predicted molar refractivity (Wildman–Crippen MR) is 68.2 cm³/mol. The molecule has 0 aliphatic carbocycles. The fourth-order valence-electron chi connectivity index (χ4n) is 1.96. The molecule has 1 atom stereocenters. The van der Waals surface area contributed by atoms with Crippen LogP contribution in [0.1, 0.15) is 12.5 Å². The number of hydrogen-bond acceptors (Lipinski definition) is 4. The highest BCUT2D eigenvalue weighted by atomic mass is 16.5. The fourth-order valence-corrected chi connectivity index (χ4v) is 1.96. The Morgan fingerprint density at radius 2 is 2.44 bits per heavy atom. The molecular weight excluding hydrogens is 230 g/mol. The predicted octanol–water partition coefficient (Wildman–Crippen LogP) is 0.562. The summed E-state index contributed by atoms with van der Waals surface area (Å²) in [5, 5.41) is 6.11. The summed E-state index contributed by atoms with van der Waals surface area (Å²) in [7, 11) is 1.58. The third kappa shape index (κ3) is 2.79. The molecule has 18 heavy (non-hydrogen) atoms. The van der Waals surface area contributed by atoms with Gasteiger partial charge in [0.1, 0.15) is 0 Å². The molecule has 0 aromatic carbocycles. The molecule has 1 aliphatic rings. The van der Waals surface area contributed by atoms with Crippen molar-refractivity contribution in [3.63, 3.8) is 0 Å². The number of nitrogens with one attached hydrogen (secondary N) is 2. The highest BCUT2D eigenvalue weighted by Crippen LogP contribution is 2.17. The maximum atomic E-state index is 12.0. The molecule has 0 bridgehead atoms. The van der Waals surface area contributed by atoms with Gasteiger partial charge in [-0.1, -0.05) is 13.0 Å². The standard InChI is InChI=1S/C13H19N3O2/c1-9(11-6-14-7-11)12(17)16-8-10-4-3-5-15-13(10)18-2/h3-5,9,11,14H,6-8H2,1-2H3,(H,16,17). The van der Waals surface area contributed by atoms with Gasteiger partial charge in [-0.25, -0.2) is 4.98 Å². The lowest BCUT2D eigenvalue weighted by molar-refractivity contribution is -0.126. The highest BCUT2D eigenvalue weighted by molar-refractivity contribution is 5.78. The molecule has 1 aliphatic heterocycles. The summed E-state index contributed by atoms with van der Waals surface area (Å²) in [5.41, 5.74) is 0.896. The van der Waals surface area contributed by atoms with E-state index in [9.17, 15) is 4.79 Å². The number of nitrogens with zero attached hydrogens (tertiary/aromatic N) is 1. The van der Waals surface area contributed by atoms with Crippen LogP contribution < -0.4 is 15.4 Å². The van der Waals surface area contributed by atoms with Crippen LogP contribution in [-0.2, 0) is 11.3 Å². The van der Waals surface area contributed by atoms with Gasteiger partial charge in [-0.2, -0.15) is 0 Å². The molecule has 2 heterocycles.